The molecule has 5 nitrogen and oxygen atoms in total. The molecule has 0 spiro atoms. The summed E-state index contributed by atoms with van der Waals surface area (Å²) < 4.78 is 0. The molecular weight excluding hydrogens is 234 g/mol. The van der Waals surface area contributed by atoms with Gasteiger partial charge in [-0.05, 0) is 31.4 Å². The molecule has 0 aliphatic rings. The van der Waals surface area contributed by atoms with Crippen LogP contribution in [-0.2, 0) is 0 Å². The van der Waals surface area contributed by atoms with Crippen LogP contribution in [0, 0.1) is 5.41 Å². The summed E-state index contributed by atoms with van der Waals surface area (Å²) in [6.45, 7) is 2.13. The summed E-state index contributed by atoms with van der Waals surface area (Å²) in [5, 5.41) is 15.5. The van der Waals surface area contributed by atoms with Crippen LogP contribution in [0.5, 0.6) is 0 Å². The monoisotopic (exact) mass is 253 g/mol. The second-order valence-corrected chi connectivity index (χ2v) is 4.91. The molecule has 0 aliphatic heterocycles. The molecule has 1 heterocycles. The molecule has 0 radical (unpaired) electrons. The van der Waals surface area contributed by atoms with Gasteiger partial charge in [0.25, 0.3) is 0 Å². The smallest absolute Gasteiger partial charge is 0.162 e. The molecule has 3 N–H and O–H groups in total. The number of nitrogens with two attached hydrogens (primary N) is 1. The van der Waals surface area contributed by atoms with Crippen LogP contribution < -0.4 is 10.6 Å². The highest BCUT2D eigenvalue weighted by Crippen LogP contribution is 2.18. The van der Waals surface area contributed by atoms with Crippen molar-refractivity contribution in [2.24, 2.45) is 5.73 Å². The molecule has 1 aromatic heterocycles. The van der Waals surface area contributed by atoms with Crippen LogP contribution in [0.3, 0.4) is 0 Å². The highest BCUT2D eigenvalue weighted by Gasteiger charge is 2.16. The summed E-state index contributed by atoms with van der Waals surface area (Å²) in [7, 11) is 1.96. The van der Waals surface area contributed by atoms with Crippen molar-refractivity contribution in [1.29, 1.82) is 5.41 Å². The van der Waals surface area contributed by atoms with Gasteiger partial charge in [-0.15, -0.1) is 5.10 Å². The lowest BCUT2D eigenvalue weighted by atomic mass is 10.2. The maximum Gasteiger partial charge on any atom is 0.162 e. The van der Waals surface area contributed by atoms with E-state index in [0.29, 0.717) is 17.4 Å². The van der Waals surface area contributed by atoms with E-state index in [1.807, 2.05) is 23.7 Å². The maximum absolute atomic E-state index is 7.53. The molecule has 0 bridgehead atoms. The van der Waals surface area contributed by atoms with Gasteiger partial charge in [-0.25, -0.2) is 0 Å². The van der Waals surface area contributed by atoms with Crippen molar-refractivity contribution in [1.82, 2.24) is 10.2 Å². The van der Waals surface area contributed by atoms with E-state index in [9.17, 15) is 0 Å². The lowest BCUT2D eigenvalue weighted by Crippen LogP contribution is -2.32. The van der Waals surface area contributed by atoms with Crippen molar-refractivity contribution in [3.05, 3.63) is 17.8 Å². The topological polar surface area (TPSA) is 78.9 Å². The fourth-order valence-electron chi connectivity index (χ4n) is 1.49. The number of hydrogen-bond donors (Lipinski definition) is 2. The van der Waals surface area contributed by atoms with Gasteiger partial charge in [-0.1, -0.05) is 0 Å². The largest absolute Gasteiger partial charge is 0.384 e. The molecule has 17 heavy (non-hydrogen) atoms. The molecule has 6 heteroatoms. The minimum absolute atomic E-state index is 0.0267. The Morgan fingerprint density at radius 1 is 1.65 bits per heavy atom. The van der Waals surface area contributed by atoms with Crippen LogP contribution in [0.2, 0.25) is 0 Å². The normalized spacial score (nSPS) is 12.2. The molecular formula is C11H19N5S. The van der Waals surface area contributed by atoms with E-state index in [2.05, 4.69) is 23.4 Å². The quantitative estimate of drug-likeness (QED) is 0.591. The number of thioether (sulfide) groups is 1. The first-order valence-corrected chi connectivity index (χ1v) is 6.85. The van der Waals surface area contributed by atoms with Gasteiger partial charge in [-0.2, -0.15) is 16.9 Å². The zero-order valence-corrected chi connectivity index (χ0v) is 11.3. The average Bonchev–Trinajstić information content (AvgIpc) is 2.34. The van der Waals surface area contributed by atoms with Gasteiger partial charge in [0.05, 0.1) is 11.8 Å². The number of aromatic nitrogens is 2. The molecule has 1 atom stereocenters. The van der Waals surface area contributed by atoms with E-state index in [1.165, 1.54) is 0 Å². The van der Waals surface area contributed by atoms with Crippen molar-refractivity contribution < 1.29 is 0 Å². The summed E-state index contributed by atoms with van der Waals surface area (Å²) in [6.07, 6.45) is 4.71. The van der Waals surface area contributed by atoms with Crippen LogP contribution in [0.4, 0.5) is 5.82 Å². The minimum atomic E-state index is 0.0267. The van der Waals surface area contributed by atoms with Crippen LogP contribution >= 0.6 is 11.8 Å². The second kappa shape index (κ2) is 6.44. The Hall–Kier alpha value is -1.30. The first-order chi connectivity index (χ1) is 8.07. The Bertz CT molecular complexity index is 382. The first-order valence-electron chi connectivity index (χ1n) is 5.45. The standard InChI is InChI=1S/C11H19N5S/c1-8(5-7-17-3)16(2)11-9(10(12)13)4-6-14-15-11/h4,6,8H,5,7H2,1-3H3,(H3,12,13). The predicted octanol–water partition coefficient (Wildman–Crippen LogP) is 1.34. The van der Waals surface area contributed by atoms with Crippen molar-refractivity contribution >= 4 is 23.4 Å². The molecule has 0 fully saturated rings. The third kappa shape index (κ3) is 3.59. The summed E-state index contributed by atoms with van der Waals surface area (Å²) in [4.78, 5) is 2.03. The number of nitrogens with zero attached hydrogens (tertiary/aromatic N) is 3. The number of nitrogen functional groups attached to an aromatic ring is 1. The van der Waals surface area contributed by atoms with Crippen LogP contribution in [0.15, 0.2) is 12.3 Å². The third-order valence-electron chi connectivity index (χ3n) is 2.73. The van der Waals surface area contributed by atoms with Gasteiger partial charge in [0, 0.05) is 13.1 Å². The van der Waals surface area contributed by atoms with Crippen molar-refractivity contribution in [2.45, 2.75) is 19.4 Å². The van der Waals surface area contributed by atoms with Gasteiger partial charge in [0.15, 0.2) is 5.82 Å². The Labute approximate surface area is 106 Å². The molecule has 1 rings (SSSR count). The van der Waals surface area contributed by atoms with E-state index in [1.54, 1.807) is 12.3 Å². The molecule has 0 saturated carbocycles. The summed E-state index contributed by atoms with van der Waals surface area (Å²) in [6, 6.07) is 2.07. The number of rotatable bonds is 6. The SMILES string of the molecule is CSCCC(C)N(C)c1nnccc1C(=N)N. The van der Waals surface area contributed by atoms with E-state index < -0.39 is 0 Å². The number of anilines is 1. The fourth-order valence-corrected chi connectivity index (χ4v) is 2.06. The summed E-state index contributed by atoms with van der Waals surface area (Å²) in [5.74, 6) is 1.80. The third-order valence-corrected chi connectivity index (χ3v) is 3.37. The highest BCUT2D eigenvalue weighted by atomic mass is 32.2. The predicted molar refractivity (Wildman–Crippen MR) is 73.9 cm³/mol. The number of amidine groups is 1. The zero-order valence-electron chi connectivity index (χ0n) is 10.5. The van der Waals surface area contributed by atoms with Crippen LogP contribution in [0.25, 0.3) is 0 Å². The van der Waals surface area contributed by atoms with Gasteiger partial charge in [0.1, 0.15) is 5.84 Å². The molecule has 0 amide bonds. The van der Waals surface area contributed by atoms with Gasteiger partial charge in [-0.3, -0.25) is 5.41 Å². The highest BCUT2D eigenvalue weighted by molar-refractivity contribution is 7.98. The van der Waals surface area contributed by atoms with Gasteiger partial charge in [0.2, 0.25) is 0 Å². The fraction of sp³-hybridized carbons (Fsp3) is 0.545. The zero-order chi connectivity index (χ0) is 12.8. The van der Waals surface area contributed by atoms with Gasteiger partial charge >= 0.3 is 0 Å². The lowest BCUT2D eigenvalue weighted by Gasteiger charge is -2.26. The Morgan fingerprint density at radius 2 is 2.35 bits per heavy atom. The molecule has 1 aromatic rings. The lowest BCUT2D eigenvalue weighted by molar-refractivity contribution is 0.657. The summed E-state index contributed by atoms with van der Waals surface area (Å²) in [5.41, 5.74) is 6.17. The second-order valence-electron chi connectivity index (χ2n) is 3.92. The minimum Gasteiger partial charge on any atom is -0.384 e. The van der Waals surface area contributed by atoms with E-state index in [4.69, 9.17) is 11.1 Å². The van der Waals surface area contributed by atoms with E-state index >= 15 is 0 Å². The Balaban J connectivity index is 2.87. The van der Waals surface area contributed by atoms with E-state index in [-0.39, 0.29) is 5.84 Å². The Kier molecular flexibility index (Phi) is 5.21. The molecule has 1 unspecified atom stereocenters. The van der Waals surface area contributed by atoms with Crippen molar-refractivity contribution in [3.8, 4) is 0 Å². The van der Waals surface area contributed by atoms with Crippen molar-refractivity contribution in [3.63, 3.8) is 0 Å². The van der Waals surface area contributed by atoms with Crippen LogP contribution in [-0.4, -0.2) is 41.1 Å². The van der Waals surface area contributed by atoms with Gasteiger partial charge < -0.3 is 10.6 Å². The molecule has 0 aromatic carbocycles. The van der Waals surface area contributed by atoms with Crippen LogP contribution in [0.1, 0.15) is 18.9 Å². The maximum atomic E-state index is 7.53. The molecule has 0 aliphatic carbocycles. The van der Waals surface area contributed by atoms with E-state index in [0.717, 1.165) is 12.2 Å². The Morgan fingerprint density at radius 3 is 2.94 bits per heavy atom. The molecule has 94 valence electrons. The molecule has 0 saturated heterocycles. The number of nitrogens with one attached hydrogen (secondary N) is 1. The first kappa shape index (κ1) is 13.8. The average molecular weight is 253 g/mol. The van der Waals surface area contributed by atoms with Crippen molar-refractivity contribution in [2.75, 3.05) is 24.0 Å². The number of hydrogen-bond acceptors (Lipinski definition) is 5. The summed E-state index contributed by atoms with van der Waals surface area (Å²) >= 11 is 1.82.